The highest BCUT2D eigenvalue weighted by atomic mass is 32.2. The molecule has 8 nitrogen and oxygen atoms in total. The van der Waals surface area contributed by atoms with Crippen LogP contribution >= 0.6 is 11.8 Å². The first kappa shape index (κ1) is 21.7. The summed E-state index contributed by atoms with van der Waals surface area (Å²) in [5, 5.41) is 10.7. The molecule has 0 aromatic heterocycles. The summed E-state index contributed by atoms with van der Waals surface area (Å²) in [6.45, 7) is 0.0387. The fourth-order valence-electron chi connectivity index (χ4n) is 2.89. The molecule has 13 heteroatoms. The molecular weight excluding hydrogens is 434 g/mol. The number of carboxylic acid groups (broad SMARTS) is 1. The van der Waals surface area contributed by atoms with Crippen LogP contribution in [0.2, 0.25) is 0 Å². The minimum absolute atomic E-state index is 0.0115. The monoisotopic (exact) mass is 449 g/mol. The van der Waals surface area contributed by atoms with Gasteiger partial charge in [-0.25, -0.2) is 14.0 Å². The SMILES string of the molecule is O=C(O)NC[C@H]1CN(c2ccc(N3C=C(C(=O)C(F)(F)F)SCC3)c(F)c2)C(=O)O1. The highest BCUT2D eigenvalue weighted by molar-refractivity contribution is 8.04. The van der Waals surface area contributed by atoms with E-state index < -0.39 is 41.0 Å². The second kappa shape index (κ2) is 8.42. The van der Waals surface area contributed by atoms with Crippen LogP contribution in [0.3, 0.4) is 0 Å². The zero-order valence-electron chi connectivity index (χ0n) is 15.1. The zero-order chi connectivity index (χ0) is 22.1. The maximum atomic E-state index is 14.7. The molecular formula is C17H15F4N3O5S. The summed E-state index contributed by atoms with van der Waals surface area (Å²) in [6, 6.07) is 3.68. The molecule has 2 N–H and O–H groups in total. The molecule has 0 spiro atoms. The molecule has 1 atom stereocenters. The number of ether oxygens (including phenoxy) is 1. The normalized spacial score (nSPS) is 19.4. The van der Waals surface area contributed by atoms with Gasteiger partial charge in [-0.1, -0.05) is 0 Å². The van der Waals surface area contributed by atoms with Crippen LogP contribution in [0.5, 0.6) is 0 Å². The molecule has 0 saturated carbocycles. The Morgan fingerprint density at radius 2 is 2.07 bits per heavy atom. The van der Waals surface area contributed by atoms with Crippen LogP contribution in [0.4, 0.5) is 38.5 Å². The zero-order valence-corrected chi connectivity index (χ0v) is 15.9. The third kappa shape index (κ3) is 4.78. The number of amides is 2. The predicted octanol–water partition coefficient (Wildman–Crippen LogP) is 2.94. The van der Waals surface area contributed by atoms with Gasteiger partial charge in [-0.05, 0) is 18.2 Å². The van der Waals surface area contributed by atoms with Gasteiger partial charge in [0.1, 0.15) is 11.9 Å². The maximum Gasteiger partial charge on any atom is 0.455 e. The van der Waals surface area contributed by atoms with Gasteiger partial charge in [0.25, 0.3) is 5.78 Å². The Labute approximate surface area is 171 Å². The number of Topliss-reactive ketones (excluding diaryl/α,β-unsaturated/α-hetero) is 1. The summed E-state index contributed by atoms with van der Waals surface area (Å²) in [4.78, 5) is 35.7. The lowest BCUT2D eigenvalue weighted by Crippen LogP contribution is -2.33. The van der Waals surface area contributed by atoms with Crippen LogP contribution in [0, 0.1) is 5.82 Å². The third-order valence-electron chi connectivity index (χ3n) is 4.25. The molecule has 1 saturated heterocycles. The molecule has 2 aliphatic heterocycles. The van der Waals surface area contributed by atoms with Gasteiger partial charge in [0.05, 0.1) is 29.4 Å². The molecule has 0 radical (unpaired) electrons. The van der Waals surface area contributed by atoms with Crippen LogP contribution < -0.4 is 15.1 Å². The quantitative estimate of drug-likeness (QED) is 0.667. The number of carbonyl (C=O) groups excluding carboxylic acids is 2. The molecule has 1 aromatic carbocycles. The van der Waals surface area contributed by atoms with E-state index in [-0.39, 0.29) is 36.8 Å². The van der Waals surface area contributed by atoms with Crippen molar-refractivity contribution in [1.82, 2.24) is 5.32 Å². The minimum atomic E-state index is -5.02. The number of hydrogen-bond donors (Lipinski definition) is 2. The van der Waals surface area contributed by atoms with E-state index in [1.807, 2.05) is 0 Å². The maximum absolute atomic E-state index is 14.7. The third-order valence-corrected chi connectivity index (χ3v) is 5.24. The summed E-state index contributed by atoms with van der Waals surface area (Å²) in [6.07, 6.45) is -6.89. The number of nitrogens with zero attached hydrogens (tertiary/aromatic N) is 2. The smallest absolute Gasteiger partial charge is 0.455 e. The minimum Gasteiger partial charge on any atom is -0.465 e. The van der Waals surface area contributed by atoms with E-state index in [2.05, 4.69) is 5.32 Å². The largest absolute Gasteiger partial charge is 0.465 e. The van der Waals surface area contributed by atoms with Gasteiger partial charge in [-0.2, -0.15) is 13.2 Å². The van der Waals surface area contributed by atoms with Crippen molar-refractivity contribution in [3.8, 4) is 0 Å². The molecule has 1 fully saturated rings. The predicted molar refractivity (Wildman–Crippen MR) is 99.0 cm³/mol. The highest BCUT2D eigenvalue weighted by Crippen LogP contribution is 2.34. The van der Waals surface area contributed by atoms with Crippen LogP contribution in [-0.2, 0) is 9.53 Å². The van der Waals surface area contributed by atoms with Crippen LogP contribution in [-0.4, -0.2) is 60.7 Å². The lowest BCUT2D eigenvalue weighted by atomic mass is 10.2. The first-order chi connectivity index (χ1) is 14.1. The molecule has 3 rings (SSSR count). The van der Waals surface area contributed by atoms with Crippen LogP contribution in [0.25, 0.3) is 0 Å². The summed E-state index contributed by atoms with van der Waals surface area (Å²) >= 11 is 0.743. The number of allylic oxidation sites excluding steroid dienone is 1. The van der Waals surface area contributed by atoms with Gasteiger partial charge >= 0.3 is 18.4 Å². The van der Waals surface area contributed by atoms with E-state index >= 15 is 0 Å². The van der Waals surface area contributed by atoms with Gasteiger partial charge in [0.15, 0.2) is 0 Å². The number of nitrogens with one attached hydrogen (secondary N) is 1. The topological polar surface area (TPSA) is 99.2 Å². The lowest BCUT2D eigenvalue weighted by Gasteiger charge is -2.27. The molecule has 2 amide bonds. The van der Waals surface area contributed by atoms with Gasteiger partial charge in [-0.3, -0.25) is 9.69 Å². The van der Waals surface area contributed by atoms with Gasteiger partial charge < -0.3 is 20.1 Å². The molecule has 30 heavy (non-hydrogen) atoms. The summed E-state index contributed by atoms with van der Waals surface area (Å²) in [5.41, 5.74) is 0.0872. The number of halogens is 4. The van der Waals surface area contributed by atoms with E-state index in [0.29, 0.717) is 0 Å². The molecule has 2 aliphatic rings. The standard InChI is InChI=1S/C17H15F4N3O5S/c18-11-5-9(24-7-10(29-16(24)28)6-22-15(26)27)1-2-12(11)23-3-4-30-13(8-23)14(25)17(19,20)21/h1-2,5,8,10,22H,3-4,6-7H2,(H,26,27)/t10-/m0/s1. The Kier molecular flexibility index (Phi) is 6.10. The van der Waals surface area contributed by atoms with Crippen molar-refractivity contribution in [3.05, 3.63) is 35.1 Å². The van der Waals surface area contributed by atoms with Crippen LogP contribution in [0.1, 0.15) is 0 Å². The van der Waals surface area contributed by atoms with Crippen molar-refractivity contribution in [1.29, 1.82) is 0 Å². The molecule has 0 aliphatic carbocycles. The average molecular weight is 449 g/mol. The van der Waals surface area contributed by atoms with Crippen molar-refractivity contribution in [2.75, 3.05) is 35.2 Å². The number of benzene rings is 1. The first-order valence-corrected chi connectivity index (χ1v) is 9.52. The number of hydrogen-bond acceptors (Lipinski definition) is 6. The van der Waals surface area contributed by atoms with Gasteiger partial charge in [-0.15, -0.1) is 11.8 Å². The fraction of sp³-hybridized carbons (Fsp3) is 0.353. The number of ketones is 1. The summed E-state index contributed by atoms with van der Waals surface area (Å²) in [5.74, 6) is -2.64. The molecule has 0 unspecified atom stereocenters. The second-order valence-corrected chi connectivity index (χ2v) is 7.44. The van der Waals surface area contributed by atoms with E-state index in [1.165, 1.54) is 17.0 Å². The second-order valence-electron chi connectivity index (χ2n) is 6.30. The Bertz CT molecular complexity index is 908. The average Bonchev–Trinajstić information content (AvgIpc) is 3.05. The Morgan fingerprint density at radius 1 is 1.33 bits per heavy atom. The lowest BCUT2D eigenvalue weighted by molar-refractivity contribution is -0.165. The number of rotatable bonds is 5. The van der Waals surface area contributed by atoms with Crippen LogP contribution in [0.15, 0.2) is 29.3 Å². The van der Waals surface area contributed by atoms with Crippen molar-refractivity contribution in [2.24, 2.45) is 0 Å². The first-order valence-electron chi connectivity index (χ1n) is 8.53. The van der Waals surface area contributed by atoms with E-state index in [9.17, 15) is 31.9 Å². The number of carbonyl (C=O) groups is 3. The molecule has 162 valence electrons. The van der Waals surface area contributed by atoms with E-state index in [0.717, 1.165) is 28.9 Å². The summed E-state index contributed by atoms with van der Waals surface area (Å²) in [7, 11) is 0. The number of thioether (sulfide) groups is 1. The Hall–Kier alpha value is -2.96. The van der Waals surface area contributed by atoms with Gasteiger partial charge in [0.2, 0.25) is 0 Å². The van der Waals surface area contributed by atoms with Crippen molar-refractivity contribution in [3.63, 3.8) is 0 Å². The number of anilines is 2. The number of alkyl halides is 3. The molecule has 2 heterocycles. The molecule has 0 bridgehead atoms. The van der Waals surface area contributed by atoms with E-state index in [1.54, 1.807) is 0 Å². The molecule has 1 aromatic rings. The van der Waals surface area contributed by atoms with Gasteiger partial charge in [0, 0.05) is 18.5 Å². The number of cyclic esters (lactones) is 1. The van der Waals surface area contributed by atoms with E-state index in [4.69, 9.17) is 9.84 Å². The van der Waals surface area contributed by atoms with Crippen molar-refractivity contribution < 1.29 is 41.8 Å². The summed E-state index contributed by atoms with van der Waals surface area (Å²) < 4.78 is 57.6. The van der Waals surface area contributed by atoms with Crippen molar-refractivity contribution >= 4 is 41.1 Å². The Morgan fingerprint density at radius 3 is 2.70 bits per heavy atom. The Balaban J connectivity index is 1.76. The van der Waals surface area contributed by atoms with Crippen molar-refractivity contribution in [2.45, 2.75) is 12.3 Å². The fourth-order valence-corrected chi connectivity index (χ4v) is 3.84. The highest BCUT2D eigenvalue weighted by Gasteiger charge is 2.42.